The van der Waals surface area contributed by atoms with Gasteiger partial charge in [-0.2, -0.15) is 11.8 Å². The second-order valence-electron chi connectivity index (χ2n) is 3.25. The molecule has 0 aromatic carbocycles. The van der Waals surface area contributed by atoms with Crippen LogP contribution in [0.4, 0.5) is 5.82 Å². The maximum Gasteiger partial charge on any atom is 0.148 e. The Hall–Kier alpha value is -0.480. The van der Waals surface area contributed by atoms with Gasteiger partial charge in [0.15, 0.2) is 0 Å². The molecule has 2 rings (SSSR count). The molecule has 0 atom stereocenters. The van der Waals surface area contributed by atoms with E-state index in [0.29, 0.717) is 11.1 Å². The van der Waals surface area contributed by atoms with Crippen molar-refractivity contribution in [3.63, 3.8) is 0 Å². The Balaban J connectivity index is 1.99. The summed E-state index contributed by atoms with van der Waals surface area (Å²) in [6.07, 6.45) is 5.51. The van der Waals surface area contributed by atoms with E-state index in [2.05, 4.69) is 15.3 Å². The van der Waals surface area contributed by atoms with Gasteiger partial charge in [-0.15, -0.1) is 0 Å². The number of anilines is 1. The topological polar surface area (TPSA) is 37.8 Å². The summed E-state index contributed by atoms with van der Waals surface area (Å²) in [4.78, 5) is 7.96. The average Bonchev–Trinajstić information content (AvgIpc) is 2.23. The molecule has 1 fully saturated rings. The summed E-state index contributed by atoms with van der Waals surface area (Å²) >= 11 is 7.96. The molecule has 0 unspecified atom stereocenters. The third-order valence-corrected chi connectivity index (χ3v) is 3.56. The Kier molecular flexibility index (Phi) is 3.48. The van der Waals surface area contributed by atoms with Gasteiger partial charge in [0.1, 0.15) is 17.2 Å². The zero-order valence-corrected chi connectivity index (χ0v) is 9.31. The van der Waals surface area contributed by atoms with Crippen molar-refractivity contribution in [2.45, 2.75) is 18.9 Å². The normalized spacial score (nSPS) is 18.1. The predicted octanol–water partition coefficient (Wildman–Crippen LogP) is 2.44. The van der Waals surface area contributed by atoms with Crippen LogP contribution in [0.15, 0.2) is 12.5 Å². The fourth-order valence-electron chi connectivity index (χ4n) is 1.45. The van der Waals surface area contributed by atoms with Crippen LogP contribution in [-0.4, -0.2) is 27.5 Å². The Bertz CT molecular complexity index is 302. The standard InChI is InChI=1S/C9H12ClN3S/c10-8-5-11-6-12-9(8)13-7-1-3-14-4-2-7/h5-7H,1-4H2,(H,11,12,13). The Morgan fingerprint density at radius 2 is 2.21 bits per heavy atom. The van der Waals surface area contributed by atoms with E-state index in [4.69, 9.17) is 11.6 Å². The van der Waals surface area contributed by atoms with Crippen molar-refractivity contribution in [2.75, 3.05) is 16.8 Å². The van der Waals surface area contributed by atoms with E-state index < -0.39 is 0 Å². The van der Waals surface area contributed by atoms with Crippen LogP contribution in [-0.2, 0) is 0 Å². The highest BCUT2D eigenvalue weighted by Gasteiger charge is 2.14. The summed E-state index contributed by atoms with van der Waals surface area (Å²) in [6, 6.07) is 0.517. The molecule has 14 heavy (non-hydrogen) atoms. The van der Waals surface area contributed by atoms with Gasteiger partial charge in [-0.3, -0.25) is 0 Å². The zero-order chi connectivity index (χ0) is 9.80. The van der Waals surface area contributed by atoms with E-state index in [9.17, 15) is 0 Å². The first-order chi connectivity index (χ1) is 6.86. The van der Waals surface area contributed by atoms with Gasteiger partial charge in [0, 0.05) is 6.04 Å². The molecule has 1 N–H and O–H groups in total. The van der Waals surface area contributed by atoms with Crippen molar-refractivity contribution in [3.8, 4) is 0 Å². The molecule has 1 saturated heterocycles. The van der Waals surface area contributed by atoms with E-state index >= 15 is 0 Å². The summed E-state index contributed by atoms with van der Waals surface area (Å²) in [5.41, 5.74) is 0. The summed E-state index contributed by atoms with van der Waals surface area (Å²) in [5, 5.41) is 3.96. The van der Waals surface area contributed by atoms with Crippen molar-refractivity contribution in [3.05, 3.63) is 17.5 Å². The maximum absolute atomic E-state index is 5.95. The van der Waals surface area contributed by atoms with Crippen LogP contribution < -0.4 is 5.32 Å². The van der Waals surface area contributed by atoms with Gasteiger partial charge >= 0.3 is 0 Å². The minimum Gasteiger partial charge on any atom is -0.366 e. The number of aromatic nitrogens is 2. The SMILES string of the molecule is Clc1cncnc1NC1CCSCC1. The Labute approximate surface area is 92.7 Å². The number of nitrogens with one attached hydrogen (secondary N) is 1. The fraction of sp³-hybridized carbons (Fsp3) is 0.556. The van der Waals surface area contributed by atoms with Crippen molar-refractivity contribution < 1.29 is 0 Å². The van der Waals surface area contributed by atoms with Gasteiger partial charge in [-0.05, 0) is 24.3 Å². The van der Waals surface area contributed by atoms with Crippen LogP contribution in [0.3, 0.4) is 0 Å². The molecule has 1 aliphatic rings. The molecule has 1 aliphatic heterocycles. The van der Waals surface area contributed by atoms with Crippen molar-refractivity contribution in [2.24, 2.45) is 0 Å². The molecular formula is C9H12ClN3S. The van der Waals surface area contributed by atoms with Gasteiger partial charge in [-0.1, -0.05) is 11.6 Å². The summed E-state index contributed by atoms with van der Waals surface area (Å²) in [7, 11) is 0. The summed E-state index contributed by atoms with van der Waals surface area (Å²) in [6.45, 7) is 0. The molecule has 0 bridgehead atoms. The van der Waals surface area contributed by atoms with Crippen LogP contribution in [0.5, 0.6) is 0 Å². The third kappa shape index (κ3) is 2.51. The molecule has 1 aromatic heterocycles. The van der Waals surface area contributed by atoms with E-state index in [1.165, 1.54) is 30.7 Å². The number of hydrogen-bond acceptors (Lipinski definition) is 4. The Morgan fingerprint density at radius 1 is 1.43 bits per heavy atom. The van der Waals surface area contributed by atoms with Gasteiger partial charge in [0.25, 0.3) is 0 Å². The molecule has 1 aromatic rings. The summed E-state index contributed by atoms with van der Waals surface area (Å²) < 4.78 is 0. The van der Waals surface area contributed by atoms with Gasteiger partial charge < -0.3 is 5.32 Å². The summed E-state index contributed by atoms with van der Waals surface area (Å²) in [5.74, 6) is 3.21. The molecular weight excluding hydrogens is 218 g/mol. The quantitative estimate of drug-likeness (QED) is 0.846. The second kappa shape index (κ2) is 4.84. The lowest BCUT2D eigenvalue weighted by Gasteiger charge is -2.23. The van der Waals surface area contributed by atoms with E-state index in [0.717, 1.165) is 5.82 Å². The number of thioether (sulfide) groups is 1. The molecule has 0 radical (unpaired) electrons. The van der Waals surface area contributed by atoms with Gasteiger partial charge in [0.2, 0.25) is 0 Å². The fourth-order valence-corrected chi connectivity index (χ4v) is 2.72. The molecule has 2 heterocycles. The number of nitrogens with zero attached hydrogens (tertiary/aromatic N) is 2. The lowest BCUT2D eigenvalue weighted by atomic mass is 10.1. The Morgan fingerprint density at radius 3 is 2.93 bits per heavy atom. The number of halogens is 1. The van der Waals surface area contributed by atoms with E-state index in [1.807, 2.05) is 11.8 Å². The van der Waals surface area contributed by atoms with Crippen LogP contribution in [0.1, 0.15) is 12.8 Å². The molecule has 0 aliphatic carbocycles. The van der Waals surface area contributed by atoms with Crippen molar-refractivity contribution >= 4 is 29.2 Å². The molecule has 5 heteroatoms. The number of rotatable bonds is 2. The predicted molar refractivity (Wildman–Crippen MR) is 61.0 cm³/mol. The lowest BCUT2D eigenvalue weighted by Crippen LogP contribution is -2.25. The molecule has 3 nitrogen and oxygen atoms in total. The third-order valence-electron chi connectivity index (χ3n) is 2.23. The maximum atomic E-state index is 5.95. The smallest absolute Gasteiger partial charge is 0.148 e. The average molecular weight is 230 g/mol. The van der Waals surface area contributed by atoms with Crippen molar-refractivity contribution in [1.29, 1.82) is 0 Å². The largest absolute Gasteiger partial charge is 0.366 e. The molecule has 0 amide bonds. The van der Waals surface area contributed by atoms with Crippen LogP contribution in [0.2, 0.25) is 5.02 Å². The van der Waals surface area contributed by atoms with Gasteiger partial charge in [0.05, 0.1) is 6.20 Å². The minimum atomic E-state index is 0.517. The monoisotopic (exact) mass is 229 g/mol. The zero-order valence-electron chi connectivity index (χ0n) is 7.74. The van der Waals surface area contributed by atoms with E-state index in [1.54, 1.807) is 6.20 Å². The first-order valence-corrected chi connectivity index (χ1v) is 6.19. The lowest BCUT2D eigenvalue weighted by molar-refractivity contribution is 0.663. The first kappa shape index (κ1) is 10.1. The minimum absolute atomic E-state index is 0.517. The highest BCUT2D eigenvalue weighted by Crippen LogP contribution is 2.23. The molecule has 0 saturated carbocycles. The highest BCUT2D eigenvalue weighted by molar-refractivity contribution is 7.99. The molecule has 0 spiro atoms. The first-order valence-electron chi connectivity index (χ1n) is 4.66. The van der Waals surface area contributed by atoms with E-state index in [-0.39, 0.29) is 0 Å². The van der Waals surface area contributed by atoms with Crippen LogP contribution >= 0.6 is 23.4 Å². The number of hydrogen-bond donors (Lipinski definition) is 1. The van der Waals surface area contributed by atoms with Crippen LogP contribution in [0.25, 0.3) is 0 Å². The van der Waals surface area contributed by atoms with Crippen molar-refractivity contribution in [1.82, 2.24) is 9.97 Å². The molecule has 76 valence electrons. The van der Waals surface area contributed by atoms with Crippen LogP contribution in [0, 0.1) is 0 Å². The highest BCUT2D eigenvalue weighted by atomic mass is 35.5. The second-order valence-corrected chi connectivity index (χ2v) is 4.88. The van der Waals surface area contributed by atoms with Gasteiger partial charge in [-0.25, -0.2) is 9.97 Å².